The zero-order chi connectivity index (χ0) is 13.8. The molecule has 1 fully saturated rings. The predicted octanol–water partition coefficient (Wildman–Crippen LogP) is 1.46. The highest BCUT2D eigenvalue weighted by Crippen LogP contribution is 2.16. The Morgan fingerprint density at radius 1 is 1.63 bits per heavy atom. The number of aromatic nitrogens is 1. The number of piperidine rings is 1. The van der Waals surface area contributed by atoms with Gasteiger partial charge in [-0.05, 0) is 19.8 Å². The first-order chi connectivity index (χ1) is 9.06. The molecule has 2 amide bonds. The number of thiazole rings is 1. The number of likely N-dealkylation sites (tertiary alicyclic amines) is 1. The molecular formula is C12H17N3O3S. The van der Waals surface area contributed by atoms with Crippen LogP contribution in [-0.2, 0) is 11.3 Å². The topological polar surface area (TPSA) is 82.5 Å². The summed E-state index contributed by atoms with van der Waals surface area (Å²) in [5.41, 5.74) is 0.836. The maximum absolute atomic E-state index is 11.9. The Labute approximate surface area is 115 Å². The average Bonchev–Trinajstić information content (AvgIpc) is 2.82. The van der Waals surface area contributed by atoms with Crippen LogP contribution in [0.2, 0.25) is 0 Å². The van der Waals surface area contributed by atoms with Crippen molar-refractivity contribution in [3.8, 4) is 0 Å². The smallest absolute Gasteiger partial charge is 0.317 e. The standard InChI is InChI=1S/C12H17N3O3S/c1-8-14-10(7-19-8)5-13-12(18)15-4-2-3-9(6-15)11(16)17/h7,9H,2-6H2,1H3,(H,13,18)(H,16,17)/t9-/m1/s1. The van der Waals surface area contributed by atoms with Gasteiger partial charge in [-0.2, -0.15) is 0 Å². The van der Waals surface area contributed by atoms with Crippen LogP contribution in [0.25, 0.3) is 0 Å². The number of amides is 2. The molecule has 19 heavy (non-hydrogen) atoms. The Hall–Kier alpha value is -1.63. The normalized spacial score (nSPS) is 19.2. The number of carboxylic acid groups (broad SMARTS) is 1. The molecular weight excluding hydrogens is 266 g/mol. The molecule has 0 bridgehead atoms. The van der Waals surface area contributed by atoms with Crippen molar-refractivity contribution in [1.82, 2.24) is 15.2 Å². The van der Waals surface area contributed by atoms with Gasteiger partial charge in [0.1, 0.15) is 0 Å². The lowest BCUT2D eigenvalue weighted by Crippen LogP contribution is -2.46. The monoisotopic (exact) mass is 283 g/mol. The lowest BCUT2D eigenvalue weighted by molar-refractivity contribution is -0.143. The van der Waals surface area contributed by atoms with Crippen molar-refractivity contribution in [2.24, 2.45) is 5.92 Å². The highest BCUT2D eigenvalue weighted by molar-refractivity contribution is 7.09. The Morgan fingerprint density at radius 3 is 3.05 bits per heavy atom. The van der Waals surface area contributed by atoms with Gasteiger partial charge in [0.25, 0.3) is 0 Å². The van der Waals surface area contributed by atoms with Gasteiger partial charge in [-0.25, -0.2) is 9.78 Å². The fourth-order valence-corrected chi connectivity index (χ4v) is 2.74. The molecule has 6 nitrogen and oxygen atoms in total. The van der Waals surface area contributed by atoms with Crippen molar-refractivity contribution in [2.75, 3.05) is 13.1 Å². The van der Waals surface area contributed by atoms with Crippen molar-refractivity contribution < 1.29 is 14.7 Å². The Bertz CT molecular complexity index is 475. The van der Waals surface area contributed by atoms with Gasteiger partial charge < -0.3 is 15.3 Å². The Balaban J connectivity index is 1.84. The molecule has 2 rings (SSSR count). The fourth-order valence-electron chi connectivity index (χ4n) is 2.13. The van der Waals surface area contributed by atoms with Gasteiger partial charge >= 0.3 is 12.0 Å². The molecule has 0 radical (unpaired) electrons. The number of hydrogen-bond donors (Lipinski definition) is 2. The summed E-state index contributed by atoms with van der Waals surface area (Å²) in [5.74, 6) is -1.27. The van der Waals surface area contributed by atoms with Crippen LogP contribution < -0.4 is 5.32 Å². The summed E-state index contributed by atoms with van der Waals surface area (Å²) in [4.78, 5) is 28.7. The molecule has 1 aromatic rings. The molecule has 2 N–H and O–H groups in total. The first kappa shape index (κ1) is 13.8. The molecule has 7 heteroatoms. The van der Waals surface area contributed by atoms with Crippen LogP contribution in [0.5, 0.6) is 0 Å². The molecule has 0 spiro atoms. The van der Waals surface area contributed by atoms with Crippen LogP contribution in [-0.4, -0.2) is 40.1 Å². The van der Waals surface area contributed by atoms with Crippen LogP contribution in [0.3, 0.4) is 0 Å². The van der Waals surface area contributed by atoms with Gasteiger partial charge in [0, 0.05) is 18.5 Å². The molecule has 0 saturated carbocycles. The van der Waals surface area contributed by atoms with E-state index < -0.39 is 11.9 Å². The quantitative estimate of drug-likeness (QED) is 0.879. The van der Waals surface area contributed by atoms with E-state index in [1.165, 1.54) is 0 Å². The number of carbonyl (C=O) groups excluding carboxylic acids is 1. The third-order valence-electron chi connectivity index (χ3n) is 3.15. The van der Waals surface area contributed by atoms with Gasteiger partial charge in [0.15, 0.2) is 0 Å². The zero-order valence-electron chi connectivity index (χ0n) is 10.8. The zero-order valence-corrected chi connectivity index (χ0v) is 11.6. The minimum Gasteiger partial charge on any atom is -0.481 e. The molecule has 0 aromatic carbocycles. The molecule has 2 heterocycles. The van der Waals surface area contributed by atoms with Crippen LogP contribution >= 0.6 is 11.3 Å². The van der Waals surface area contributed by atoms with Gasteiger partial charge in [-0.15, -0.1) is 11.3 Å². The van der Waals surface area contributed by atoms with Gasteiger partial charge in [-0.1, -0.05) is 0 Å². The molecule has 1 saturated heterocycles. The van der Waals surface area contributed by atoms with E-state index in [0.717, 1.165) is 17.1 Å². The van der Waals surface area contributed by atoms with E-state index in [9.17, 15) is 9.59 Å². The number of nitrogens with one attached hydrogen (secondary N) is 1. The SMILES string of the molecule is Cc1nc(CNC(=O)N2CCC[C@@H](C(=O)O)C2)cs1. The lowest BCUT2D eigenvalue weighted by atomic mass is 9.99. The summed E-state index contributed by atoms with van der Waals surface area (Å²) < 4.78 is 0. The van der Waals surface area contributed by atoms with Crippen LogP contribution in [0.15, 0.2) is 5.38 Å². The summed E-state index contributed by atoms with van der Waals surface area (Å²) in [5, 5.41) is 14.6. The number of urea groups is 1. The first-order valence-corrected chi connectivity index (χ1v) is 7.11. The number of carboxylic acids is 1. The van der Waals surface area contributed by atoms with E-state index >= 15 is 0 Å². The molecule has 1 aromatic heterocycles. The van der Waals surface area contributed by atoms with E-state index in [1.54, 1.807) is 16.2 Å². The summed E-state index contributed by atoms with van der Waals surface area (Å²) >= 11 is 1.54. The summed E-state index contributed by atoms with van der Waals surface area (Å²) in [6, 6.07) is -0.211. The van der Waals surface area contributed by atoms with E-state index in [0.29, 0.717) is 19.5 Å². The van der Waals surface area contributed by atoms with Crippen molar-refractivity contribution in [1.29, 1.82) is 0 Å². The third kappa shape index (κ3) is 3.66. The molecule has 104 valence electrons. The first-order valence-electron chi connectivity index (χ1n) is 6.23. The number of hydrogen-bond acceptors (Lipinski definition) is 4. The highest BCUT2D eigenvalue weighted by atomic mass is 32.1. The van der Waals surface area contributed by atoms with Crippen molar-refractivity contribution in [3.63, 3.8) is 0 Å². The number of nitrogens with zero attached hydrogens (tertiary/aromatic N) is 2. The van der Waals surface area contributed by atoms with Gasteiger partial charge in [-0.3, -0.25) is 4.79 Å². The molecule has 0 aliphatic carbocycles. The largest absolute Gasteiger partial charge is 0.481 e. The minimum atomic E-state index is -0.826. The number of rotatable bonds is 3. The molecule has 0 unspecified atom stereocenters. The second-order valence-electron chi connectivity index (χ2n) is 4.64. The van der Waals surface area contributed by atoms with E-state index in [-0.39, 0.29) is 12.6 Å². The van der Waals surface area contributed by atoms with E-state index in [4.69, 9.17) is 5.11 Å². The lowest BCUT2D eigenvalue weighted by Gasteiger charge is -2.30. The number of carbonyl (C=O) groups is 2. The Kier molecular flexibility index (Phi) is 4.36. The minimum absolute atomic E-state index is 0.211. The predicted molar refractivity (Wildman–Crippen MR) is 71.0 cm³/mol. The van der Waals surface area contributed by atoms with Crippen LogP contribution in [0.4, 0.5) is 4.79 Å². The average molecular weight is 283 g/mol. The molecule has 1 atom stereocenters. The summed E-state index contributed by atoms with van der Waals surface area (Å²) in [6.45, 7) is 3.21. The van der Waals surface area contributed by atoms with Crippen molar-refractivity contribution in [3.05, 3.63) is 16.1 Å². The summed E-state index contributed by atoms with van der Waals surface area (Å²) in [7, 11) is 0. The number of aliphatic carboxylic acids is 1. The van der Waals surface area contributed by atoms with Gasteiger partial charge in [0.2, 0.25) is 0 Å². The second kappa shape index (κ2) is 6.01. The maximum atomic E-state index is 11.9. The van der Waals surface area contributed by atoms with E-state index in [2.05, 4.69) is 10.3 Å². The Morgan fingerprint density at radius 2 is 2.42 bits per heavy atom. The highest BCUT2D eigenvalue weighted by Gasteiger charge is 2.27. The van der Waals surface area contributed by atoms with E-state index in [1.807, 2.05) is 12.3 Å². The van der Waals surface area contributed by atoms with Crippen LogP contribution in [0.1, 0.15) is 23.5 Å². The fraction of sp³-hybridized carbons (Fsp3) is 0.583. The number of aryl methyl sites for hydroxylation is 1. The van der Waals surface area contributed by atoms with Crippen molar-refractivity contribution >= 4 is 23.3 Å². The maximum Gasteiger partial charge on any atom is 0.317 e. The summed E-state index contributed by atoms with van der Waals surface area (Å²) in [6.07, 6.45) is 1.38. The van der Waals surface area contributed by atoms with Gasteiger partial charge in [0.05, 0.1) is 23.2 Å². The molecule has 1 aliphatic heterocycles. The second-order valence-corrected chi connectivity index (χ2v) is 5.70. The third-order valence-corrected chi connectivity index (χ3v) is 3.97. The molecule has 1 aliphatic rings. The van der Waals surface area contributed by atoms with Crippen LogP contribution in [0, 0.1) is 12.8 Å². The van der Waals surface area contributed by atoms with Crippen molar-refractivity contribution in [2.45, 2.75) is 26.3 Å².